The van der Waals surface area contributed by atoms with Gasteiger partial charge < -0.3 is 10.3 Å². The molecule has 0 saturated heterocycles. The maximum atomic E-state index is 12.6. The molecule has 0 unspecified atom stereocenters. The normalized spacial score (nSPS) is 10.6. The molecule has 0 radical (unpaired) electrons. The molecule has 0 aliphatic carbocycles. The van der Waals surface area contributed by atoms with E-state index >= 15 is 0 Å². The van der Waals surface area contributed by atoms with Crippen LogP contribution in [0.5, 0.6) is 0 Å². The SMILES string of the molecule is N#Cc1c(-c2cccc(Br)c2)nc(SCc2cccc(NC(=O)c3ccc(Cl)c(Cl)c3)c2)[nH]c1=O. The van der Waals surface area contributed by atoms with Gasteiger partial charge in [0.2, 0.25) is 0 Å². The van der Waals surface area contributed by atoms with Crippen LogP contribution in [0.4, 0.5) is 5.69 Å². The predicted octanol–water partition coefficient (Wildman–Crippen LogP) is 6.92. The van der Waals surface area contributed by atoms with E-state index < -0.39 is 5.56 Å². The lowest BCUT2D eigenvalue weighted by atomic mass is 10.1. The number of carbonyl (C=O) groups is 1. The van der Waals surface area contributed by atoms with Gasteiger partial charge in [-0.2, -0.15) is 5.26 Å². The van der Waals surface area contributed by atoms with E-state index in [-0.39, 0.29) is 11.5 Å². The smallest absolute Gasteiger partial charge is 0.270 e. The van der Waals surface area contributed by atoms with Crippen molar-refractivity contribution in [1.82, 2.24) is 9.97 Å². The molecule has 1 amide bonds. The number of benzene rings is 3. The number of aromatic amines is 1. The summed E-state index contributed by atoms with van der Waals surface area (Å²) in [5, 5.41) is 13.4. The van der Waals surface area contributed by atoms with Gasteiger partial charge in [0.05, 0.1) is 15.7 Å². The largest absolute Gasteiger partial charge is 0.322 e. The predicted molar refractivity (Wildman–Crippen MR) is 143 cm³/mol. The number of thioether (sulfide) groups is 1. The van der Waals surface area contributed by atoms with Gasteiger partial charge in [-0.15, -0.1) is 0 Å². The van der Waals surface area contributed by atoms with Crippen LogP contribution in [0.15, 0.2) is 81.2 Å². The molecule has 0 aliphatic heterocycles. The molecular weight excluding hydrogens is 571 g/mol. The second kappa shape index (κ2) is 11.1. The number of H-pyrrole nitrogens is 1. The number of rotatable bonds is 6. The number of carbonyl (C=O) groups excluding carboxylic acids is 1. The Morgan fingerprint density at radius 3 is 2.63 bits per heavy atom. The van der Waals surface area contributed by atoms with Crippen LogP contribution in [0.25, 0.3) is 11.3 Å². The zero-order valence-corrected chi connectivity index (χ0v) is 21.7. The summed E-state index contributed by atoms with van der Waals surface area (Å²) < 4.78 is 0.815. The van der Waals surface area contributed by atoms with E-state index in [0.29, 0.717) is 43.5 Å². The maximum Gasteiger partial charge on any atom is 0.270 e. The van der Waals surface area contributed by atoms with E-state index in [1.54, 1.807) is 30.3 Å². The van der Waals surface area contributed by atoms with Crippen molar-refractivity contribution >= 4 is 62.5 Å². The summed E-state index contributed by atoms with van der Waals surface area (Å²) in [4.78, 5) is 32.3. The molecule has 3 aromatic carbocycles. The number of hydrogen-bond acceptors (Lipinski definition) is 5. The van der Waals surface area contributed by atoms with E-state index in [1.165, 1.54) is 17.8 Å². The summed E-state index contributed by atoms with van der Waals surface area (Å²) in [7, 11) is 0. The highest BCUT2D eigenvalue weighted by Crippen LogP contribution is 2.27. The number of amides is 1. The molecule has 0 aliphatic rings. The molecule has 0 spiro atoms. The van der Waals surface area contributed by atoms with Crippen LogP contribution in [0.3, 0.4) is 0 Å². The number of hydrogen-bond donors (Lipinski definition) is 2. The average molecular weight is 586 g/mol. The number of nitrogens with zero attached hydrogens (tertiary/aromatic N) is 2. The Morgan fingerprint density at radius 1 is 1.09 bits per heavy atom. The monoisotopic (exact) mass is 584 g/mol. The molecule has 0 fully saturated rings. The lowest BCUT2D eigenvalue weighted by molar-refractivity contribution is 0.102. The fraction of sp³-hybridized carbons (Fsp3) is 0.0400. The van der Waals surface area contributed by atoms with Gasteiger partial charge in [0, 0.05) is 27.0 Å². The fourth-order valence-corrected chi connectivity index (χ4v) is 4.70. The van der Waals surface area contributed by atoms with Crippen molar-refractivity contribution in [2.24, 2.45) is 0 Å². The Labute approximate surface area is 223 Å². The number of anilines is 1. The van der Waals surface area contributed by atoms with Crippen molar-refractivity contribution in [3.63, 3.8) is 0 Å². The van der Waals surface area contributed by atoms with Gasteiger partial charge in [-0.3, -0.25) is 9.59 Å². The minimum absolute atomic E-state index is 0.0422. The average Bonchev–Trinajstić information content (AvgIpc) is 2.84. The van der Waals surface area contributed by atoms with Gasteiger partial charge >= 0.3 is 0 Å². The van der Waals surface area contributed by atoms with Crippen LogP contribution in [0.2, 0.25) is 10.0 Å². The Bertz CT molecular complexity index is 1530. The molecule has 10 heteroatoms. The second-order valence-corrected chi connectivity index (χ2v) is 9.98. The highest BCUT2D eigenvalue weighted by molar-refractivity contribution is 9.10. The molecule has 1 aromatic heterocycles. The van der Waals surface area contributed by atoms with Gasteiger partial charge in [-0.05, 0) is 48.0 Å². The Hall–Kier alpha value is -3.09. The molecule has 0 bridgehead atoms. The first-order chi connectivity index (χ1) is 16.8. The van der Waals surface area contributed by atoms with Crippen LogP contribution in [0, 0.1) is 11.3 Å². The molecule has 35 heavy (non-hydrogen) atoms. The third kappa shape index (κ3) is 6.13. The molecule has 6 nitrogen and oxygen atoms in total. The highest BCUT2D eigenvalue weighted by Gasteiger charge is 2.14. The van der Waals surface area contributed by atoms with Gasteiger partial charge in [-0.1, -0.05) is 75.2 Å². The van der Waals surface area contributed by atoms with Crippen LogP contribution in [0.1, 0.15) is 21.5 Å². The van der Waals surface area contributed by atoms with Crippen LogP contribution >= 0.6 is 50.9 Å². The molecular formula is C25H15BrCl2N4O2S. The van der Waals surface area contributed by atoms with E-state index in [0.717, 1.165) is 10.0 Å². The zero-order chi connectivity index (χ0) is 24.9. The van der Waals surface area contributed by atoms with Crippen molar-refractivity contribution in [2.75, 3.05) is 5.32 Å². The molecule has 0 atom stereocenters. The summed E-state index contributed by atoms with van der Waals surface area (Å²) in [6.45, 7) is 0. The molecule has 174 valence electrons. The first-order valence-corrected chi connectivity index (χ1v) is 12.7. The Morgan fingerprint density at radius 2 is 1.89 bits per heavy atom. The Kier molecular flexibility index (Phi) is 7.93. The molecule has 2 N–H and O–H groups in total. The van der Waals surface area contributed by atoms with Gasteiger partial charge in [0.25, 0.3) is 11.5 Å². The minimum atomic E-state index is -0.498. The van der Waals surface area contributed by atoms with Gasteiger partial charge in [0.1, 0.15) is 11.6 Å². The van der Waals surface area contributed by atoms with E-state index in [2.05, 4.69) is 31.2 Å². The number of halogens is 3. The summed E-state index contributed by atoms with van der Waals surface area (Å²) >= 11 is 16.6. The fourth-order valence-electron chi connectivity index (χ4n) is 3.20. The van der Waals surface area contributed by atoms with Gasteiger partial charge in [-0.25, -0.2) is 4.98 Å². The highest BCUT2D eigenvalue weighted by atomic mass is 79.9. The molecule has 4 rings (SSSR count). The third-order valence-corrected chi connectivity index (χ3v) is 7.03. The molecule has 0 saturated carbocycles. The van der Waals surface area contributed by atoms with Crippen molar-refractivity contribution in [2.45, 2.75) is 10.9 Å². The lowest BCUT2D eigenvalue weighted by Crippen LogP contribution is -2.14. The number of aromatic nitrogens is 2. The topological polar surface area (TPSA) is 98.6 Å². The van der Waals surface area contributed by atoms with Crippen molar-refractivity contribution in [3.8, 4) is 17.3 Å². The first-order valence-electron chi connectivity index (χ1n) is 10.1. The molecule has 1 heterocycles. The third-order valence-electron chi connectivity index (χ3n) is 4.85. The standard InChI is InChI=1S/C25H15BrCl2N4O2S/c26-17-5-2-4-15(10-17)22-19(12-29)24(34)32-25(31-22)35-13-14-3-1-6-18(9-14)30-23(33)16-7-8-20(27)21(28)11-16/h1-11H,13H2,(H,30,33)(H,31,32,34). The number of nitriles is 1. The first kappa shape index (κ1) is 25.0. The summed E-state index contributed by atoms with van der Waals surface area (Å²) in [5.41, 5.74) is 2.34. The molecule has 4 aromatic rings. The van der Waals surface area contributed by atoms with Gasteiger partial charge in [0.15, 0.2) is 5.16 Å². The quantitative estimate of drug-likeness (QED) is 0.189. The summed E-state index contributed by atoms with van der Waals surface area (Å²) in [5.74, 6) is 0.161. The van der Waals surface area contributed by atoms with Crippen LogP contribution in [-0.2, 0) is 5.75 Å². The zero-order valence-electron chi connectivity index (χ0n) is 17.8. The summed E-state index contributed by atoms with van der Waals surface area (Å²) in [6, 6.07) is 21.2. The Balaban J connectivity index is 1.52. The van der Waals surface area contributed by atoms with Crippen molar-refractivity contribution in [1.29, 1.82) is 5.26 Å². The lowest BCUT2D eigenvalue weighted by Gasteiger charge is -2.09. The maximum absolute atomic E-state index is 12.6. The van der Waals surface area contributed by atoms with Crippen molar-refractivity contribution in [3.05, 3.63) is 108 Å². The minimum Gasteiger partial charge on any atom is -0.322 e. The number of nitrogens with one attached hydrogen (secondary N) is 2. The van der Waals surface area contributed by atoms with Crippen molar-refractivity contribution < 1.29 is 4.79 Å². The van der Waals surface area contributed by atoms with Crippen LogP contribution < -0.4 is 10.9 Å². The summed E-state index contributed by atoms with van der Waals surface area (Å²) in [6.07, 6.45) is 0. The van der Waals surface area contributed by atoms with E-state index in [9.17, 15) is 14.9 Å². The second-order valence-electron chi connectivity index (χ2n) is 7.29. The van der Waals surface area contributed by atoms with E-state index in [4.69, 9.17) is 23.2 Å². The van der Waals surface area contributed by atoms with E-state index in [1.807, 2.05) is 36.4 Å². The van der Waals surface area contributed by atoms with Crippen LogP contribution in [-0.4, -0.2) is 15.9 Å².